The fourth-order valence-electron chi connectivity index (χ4n) is 1.48. The van der Waals surface area contributed by atoms with Crippen molar-refractivity contribution < 1.29 is 0 Å². The first kappa shape index (κ1) is 6.64. The van der Waals surface area contributed by atoms with E-state index in [1.807, 2.05) is 11.5 Å². The Morgan fingerprint density at radius 3 is 2.55 bits per heavy atom. The number of anilines is 1. The van der Waals surface area contributed by atoms with Crippen molar-refractivity contribution in [1.82, 2.24) is 14.8 Å². The first-order valence-electron chi connectivity index (χ1n) is 3.96. The van der Waals surface area contributed by atoms with Crippen LogP contribution in [0.4, 0.5) is 5.95 Å². The fraction of sp³-hybridized carbons (Fsp3) is 0.714. The predicted molar refractivity (Wildman–Crippen MR) is 42.1 cm³/mol. The molecule has 2 N–H and O–H groups in total. The molecule has 0 atom stereocenters. The van der Waals surface area contributed by atoms with Crippen molar-refractivity contribution in [2.24, 2.45) is 0 Å². The van der Waals surface area contributed by atoms with Gasteiger partial charge < -0.3 is 5.73 Å². The molecule has 0 saturated heterocycles. The first-order chi connectivity index (χ1) is 5.29. The van der Waals surface area contributed by atoms with Gasteiger partial charge in [0.25, 0.3) is 0 Å². The molecule has 2 rings (SSSR count). The molecule has 0 unspecified atom stereocenters. The van der Waals surface area contributed by atoms with E-state index in [1.54, 1.807) is 0 Å². The largest absolute Gasteiger partial charge is 0.368 e. The van der Waals surface area contributed by atoms with Crippen molar-refractivity contribution >= 4 is 5.95 Å². The van der Waals surface area contributed by atoms with Gasteiger partial charge in [-0.3, -0.25) is 4.57 Å². The predicted octanol–water partition coefficient (Wildman–Crippen LogP) is 0.894. The fourth-order valence-corrected chi connectivity index (χ4v) is 1.48. The van der Waals surface area contributed by atoms with Crippen molar-refractivity contribution in [1.29, 1.82) is 0 Å². The Labute approximate surface area is 65.4 Å². The van der Waals surface area contributed by atoms with Gasteiger partial charge in [-0.1, -0.05) is 0 Å². The van der Waals surface area contributed by atoms with Crippen molar-refractivity contribution in [2.45, 2.75) is 32.2 Å². The molecule has 0 spiro atoms. The molecule has 0 aliphatic heterocycles. The molecule has 0 bridgehead atoms. The van der Waals surface area contributed by atoms with E-state index in [4.69, 9.17) is 5.73 Å². The zero-order chi connectivity index (χ0) is 7.84. The highest BCUT2D eigenvalue weighted by Gasteiger charge is 2.22. The summed E-state index contributed by atoms with van der Waals surface area (Å²) in [7, 11) is 0. The van der Waals surface area contributed by atoms with Crippen LogP contribution in [0.1, 0.15) is 31.1 Å². The third-order valence-electron chi connectivity index (χ3n) is 2.33. The Hall–Kier alpha value is -1.06. The van der Waals surface area contributed by atoms with E-state index in [0.29, 0.717) is 12.0 Å². The Kier molecular flexibility index (Phi) is 1.34. The van der Waals surface area contributed by atoms with E-state index in [9.17, 15) is 0 Å². The summed E-state index contributed by atoms with van der Waals surface area (Å²) in [5.41, 5.74) is 5.64. The lowest BCUT2D eigenvalue weighted by Gasteiger charge is -2.27. The molecule has 11 heavy (non-hydrogen) atoms. The van der Waals surface area contributed by atoms with Crippen LogP contribution >= 0.6 is 0 Å². The second kappa shape index (κ2) is 2.22. The summed E-state index contributed by atoms with van der Waals surface area (Å²) in [6.07, 6.45) is 3.76. The van der Waals surface area contributed by atoms with E-state index >= 15 is 0 Å². The Morgan fingerprint density at radius 1 is 1.45 bits per heavy atom. The second-order valence-electron chi connectivity index (χ2n) is 3.06. The van der Waals surface area contributed by atoms with Gasteiger partial charge in [0.1, 0.15) is 5.82 Å². The highest BCUT2D eigenvalue weighted by Crippen LogP contribution is 2.33. The number of hydrogen-bond donors (Lipinski definition) is 1. The van der Waals surface area contributed by atoms with E-state index in [-0.39, 0.29) is 0 Å². The molecule has 4 heteroatoms. The summed E-state index contributed by atoms with van der Waals surface area (Å²) >= 11 is 0. The van der Waals surface area contributed by atoms with Gasteiger partial charge in [0.05, 0.1) is 0 Å². The van der Waals surface area contributed by atoms with Crippen molar-refractivity contribution in [3.63, 3.8) is 0 Å². The number of aromatic nitrogens is 3. The second-order valence-corrected chi connectivity index (χ2v) is 3.06. The maximum atomic E-state index is 5.64. The van der Waals surface area contributed by atoms with Crippen molar-refractivity contribution in [3.05, 3.63) is 5.82 Å². The number of hydrogen-bond acceptors (Lipinski definition) is 3. The summed E-state index contributed by atoms with van der Waals surface area (Å²) in [6, 6.07) is 0.574. The molecule has 60 valence electrons. The minimum atomic E-state index is 0.562. The van der Waals surface area contributed by atoms with Crippen molar-refractivity contribution in [3.8, 4) is 0 Å². The van der Waals surface area contributed by atoms with Gasteiger partial charge in [0, 0.05) is 6.04 Å². The summed E-state index contributed by atoms with van der Waals surface area (Å²) in [5, 5.41) is 7.72. The van der Waals surface area contributed by atoms with Crippen LogP contribution in [0.2, 0.25) is 0 Å². The SMILES string of the molecule is Cc1nnc(N)n1C1CCC1. The van der Waals surface area contributed by atoms with E-state index in [1.165, 1.54) is 19.3 Å². The molecule has 1 heterocycles. The Balaban J connectivity index is 2.33. The summed E-state index contributed by atoms with van der Waals surface area (Å²) in [6.45, 7) is 1.95. The molecule has 1 aromatic rings. The Morgan fingerprint density at radius 2 is 2.18 bits per heavy atom. The minimum absolute atomic E-state index is 0.562. The summed E-state index contributed by atoms with van der Waals surface area (Å²) in [5.74, 6) is 1.50. The highest BCUT2D eigenvalue weighted by molar-refractivity contribution is 5.18. The average molecular weight is 152 g/mol. The monoisotopic (exact) mass is 152 g/mol. The maximum absolute atomic E-state index is 5.64. The van der Waals surface area contributed by atoms with Crippen LogP contribution in [-0.2, 0) is 0 Å². The van der Waals surface area contributed by atoms with Gasteiger partial charge >= 0.3 is 0 Å². The molecule has 0 radical (unpaired) electrons. The van der Waals surface area contributed by atoms with Crippen LogP contribution in [0.25, 0.3) is 0 Å². The topological polar surface area (TPSA) is 56.7 Å². The van der Waals surface area contributed by atoms with Gasteiger partial charge in [0.15, 0.2) is 0 Å². The average Bonchev–Trinajstić information content (AvgIpc) is 2.15. The van der Waals surface area contributed by atoms with Crippen LogP contribution in [0.3, 0.4) is 0 Å². The normalized spacial score (nSPS) is 18.3. The van der Waals surface area contributed by atoms with Crippen molar-refractivity contribution in [2.75, 3.05) is 5.73 Å². The molecular weight excluding hydrogens is 140 g/mol. The standard InChI is InChI=1S/C7H12N4/c1-5-9-10-7(8)11(5)6-3-2-4-6/h6H,2-4H2,1H3,(H2,8,10). The molecule has 1 aliphatic rings. The Bertz CT molecular complexity index is 242. The smallest absolute Gasteiger partial charge is 0.222 e. The highest BCUT2D eigenvalue weighted by atomic mass is 15.3. The third-order valence-corrected chi connectivity index (χ3v) is 2.33. The molecule has 0 aromatic carbocycles. The molecule has 4 nitrogen and oxygen atoms in total. The van der Waals surface area contributed by atoms with E-state index in [2.05, 4.69) is 10.2 Å². The maximum Gasteiger partial charge on any atom is 0.222 e. The number of nitrogens with two attached hydrogens (primary N) is 1. The van der Waals surface area contributed by atoms with Gasteiger partial charge in [-0.15, -0.1) is 10.2 Å². The van der Waals surface area contributed by atoms with E-state index < -0.39 is 0 Å². The summed E-state index contributed by atoms with van der Waals surface area (Å²) in [4.78, 5) is 0. The molecule has 1 aliphatic carbocycles. The number of nitrogen functional groups attached to an aromatic ring is 1. The van der Waals surface area contributed by atoms with Gasteiger partial charge in [0.2, 0.25) is 5.95 Å². The van der Waals surface area contributed by atoms with Gasteiger partial charge in [-0.2, -0.15) is 0 Å². The van der Waals surface area contributed by atoms with Crippen LogP contribution in [0.5, 0.6) is 0 Å². The lowest BCUT2D eigenvalue weighted by atomic mass is 9.93. The summed E-state index contributed by atoms with van der Waals surface area (Å²) < 4.78 is 2.03. The lowest BCUT2D eigenvalue weighted by molar-refractivity contribution is 0.312. The number of nitrogens with zero attached hydrogens (tertiary/aromatic N) is 3. The molecule has 0 amide bonds. The number of rotatable bonds is 1. The minimum Gasteiger partial charge on any atom is -0.368 e. The molecular formula is C7H12N4. The van der Waals surface area contributed by atoms with Gasteiger partial charge in [-0.25, -0.2) is 0 Å². The van der Waals surface area contributed by atoms with Crippen LogP contribution in [-0.4, -0.2) is 14.8 Å². The van der Waals surface area contributed by atoms with E-state index in [0.717, 1.165) is 5.82 Å². The first-order valence-corrected chi connectivity index (χ1v) is 3.96. The van der Waals surface area contributed by atoms with Crippen LogP contribution in [0.15, 0.2) is 0 Å². The van der Waals surface area contributed by atoms with Crippen LogP contribution < -0.4 is 5.73 Å². The lowest BCUT2D eigenvalue weighted by Crippen LogP contribution is -2.19. The molecule has 1 fully saturated rings. The molecule has 1 saturated carbocycles. The zero-order valence-electron chi connectivity index (χ0n) is 6.62. The quantitative estimate of drug-likeness (QED) is 0.650. The number of aryl methyl sites for hydroxylation is 1. The molecule has 1 aromatic heterocycles. The van der Waals surface area contributed by atoms with Gasteiger partial charge in [-0.05, 0) is 26.2 Å². The third kappa shape index (κ3) is 0.895. The zero-order valence-corrected chi connectivity index (χ0v) is 6.62. The van der Waals surface area contributed by atoms with Crippen LogP contribution in [0, 0.1) is 6.92 Å².